The van der Waals surface area contributed by atoms with Crippen LogP contribution in [-0.4, -0.2) is 41.2 Å². The van der Waals surface area contributed by atoms with E-state index in [1.54, 1.807) is 41.3 Å². The van der Waals surface area contributed by atoms with Gasteiger partial charge in [0.2, 0.25) is 0 Å². The summed E-state index contributed by atoms with van der Waals surface area (Å²) in [6.45, 7) is 5.08. The highest BCUT2D eigenvalue weighted by Crippen LogP contribution is 2.31. The van der Waals surface area contributed by atoms with Crippen LogP contribution in [0.1, 0.15) is 30.9 Å². The summed E-state index contributed by atoms with van der Waals surface area (Å²) in [6.07, 6.45) is 2.48. The Hall–Kier alpha value is -2.58. The highest BCUT2D eigenvalue weighted by molar-refractivity contribution is 7.92. The molecule has 7 nitrogen and oxygen atoms in total. The standard InChI is InChI=1S/C22H28N2O5S/c1-4-12-29-21-10-8-19(13-16(21)2)30(26,27)23-18-7-9-20-17(14-18)6-5-11-24(20)22(25)15-28-3/h7-10,13-14,23H,4-6,11-12,15H2,1-3H3. The van der Waals surface area contributed by atoms with Crippen molar-refractivity contribution < 1.29 is 22.7 Å². The van der Waals surface area contributed by atoms with Crippen LogP contribution in [0, 0.1) is 6.92 Å². The maximum absolute atomic E-state index is 12.9. The fourth-order valence-electron chi connectivity index (χ4n) is 3.50. The van der Waals surface area contributed by atoms with Gasteiger partial charge in [0.25, 0.3) is 15.9 Å². The molecular formula is C22H28N2O5S. The van der Waals surface area contributed by atoms with Gasteiger partial charge in [0.1, 0.15) is 12.4 Å². The van der Waals surface area contributed by atoms with E-state index in [1.807, 2.05) is 13.8 Å². The number of aryl methyl sites for hydroxylation is 2. The molecule has 0 spiro atoms. The van der Waals surface area contributed by atoms with Crippen molar-refractivity contribution in [2.75, 3.05) is 36.5 Å². The number of rotatable bonds is 8. The van der Waals surface area contributed by atoms with Crippen molar-refractivity contribution in [3.63, 3.8) is 0 Å². The minimum absolute atomic E-state index is 0.0190. The van der Waals surface area contributed by atoms with Crippen LogP contribution in [0.5, 0.6) is 5.75 Å². The summed E-state index contributed by atoms with van der Waals surface area (Å²) in [5, 5.41) is 0. The van der Waals surface area contributed by atoms with Gasteiger partial charge in [-0.05, 0) is 73.7 Å². The third-order valence-electron chi connectivity index (χ3n) is 4.94. The SMILES string of the molecule is CCCOc1ccc(S(=O)(=O)Nc2ccc3c(c2)CCCN3C(=O)COC)cc1C. The van der Waals surface area contributed by atoms with Crippen molar-refractivity contribution in [1.29, 1.82) is 0 Å². The molecule has 30 heavy (non-hydrogen) atoms. The molecule has 1 aliphatic rings. The smallest absolute Gasteiger partial charge is 0.261 e. The monoisotopic (exact) mass is 432 g/mol. The quantitative estimate of drug-likeness (QED) is 0.690. The summed E-state index contributed by atoms with van der Waals surface area (Å²) in [5.41, 5.74) is 2.98. The fourth-order valence-corrected chi connectivity index (χ4v) is 4.63. The topological polar surface area (TPSA) is 84.9 Å². The number of ether oxygens (including phenoxy) is 2. The number of amides is 1. The second-order valence-corrected chi connectivity index (χ2v) is 8.99. The number of carbonyl (C=O) groups excluding carboxylic acids is 1. The minimum atomic E-state index is -3.74. The summed E-state index contributed by atoms with van der Waals surface area (Å²) in [4.78, 5) is 14.1. The summed E-state index contributed by atoms with van der Waals surface area (Å²) < 4.78 is 39.0. The van der Waals surface area contributed by atoms with Crippen LogP contribution < -0.4 is 14.4 Å². The van der Waals surface area contributed by atoms with E-state index in [1.165, 1.54) is 7.11 Å². The maximum atomic E-state index is 12.9. The van der Waals surface area contributed by atoms with Crippen molar-refractivity contribution >= 4 is 27.3 Å². The van der Waals surface area contributed by atoms with Crippen molar-refractivity contribution in [2.24, 2.45) is 0 Å². The molecule has 0 atom stereocenters. The van der Waals surface area contributed by atoms with Crippen LogP contribution in [0.4, 0.5) is 11.4 Å². The van der Waals surface area contributed by atoms with E-state index >= 15 is 0 Å². The number of carbonyl (C=O) groups is 1. The Balaban J connectivity index is 1.81. The van der Waals surface area contributed by atoms with Crippen LogP contribution in [0.15, 0.2) is 41.3 Å². The van der Waals surface area contributed by atoms with Crippen LogP contribution >= 0.6 is 0 Å². The average molecular weight is 433 g/mol. The fraction of sp³-hybridized carbons (Fsp3) is 0.409. The second kappa shape index (κ2) is 9.49. The lowest BCUT2D eigenvalue weighted by Gasteiger charge is -2.29. The molecule has 3 rings (SSSR count). The lowest BCUT2D eigenvalue weighted by molar-refractivity contribution is -0.122. The molecule has 2 aromatic carbocycles. The van der Waals surface area contributed by atoms with Gasteiger partial charge in [-0.1, -0.05) is 6.92 Å². The zero-order valence-corrected chi connectivity index (χ0v) is 18.4. The molecule has 0 saturated heterocycles. The Morgan fingerprint density at radius 3 is 2.70 bits per heavy atom. The van der Waals surface area contributed by atoms with E-state index in [9.17, 15) is 13.2 Å². The van der Waals surface area contributed by atoms with Crippen molar-refractivity contribution in [3.8, 4) is 5.75 Å². The van der Waals surface area contributed by atoms with E-state index in [4.69, 9.17) is 9.47 Å². The van der Waals surface area contributed by atoms with E-state index in [0.717, 1.165) is 36.1 Å². The summed E-state index contributed by atoms with van der Waals surface area (Å²) >= 11 is 0. The van der Waals surface area contributed by atoms with Gasteiger partial charge in [-0.3, -0.25) is 9.52 Å². The summed E-state index contributed by atoms with van der Waals surface area (Å²) in [7, 11) is -2.25. The molecule has 1 N–H and O–H groups in total. The highest BCUT2D eigenvalue weighted by Gasteiger charge is 2.23. The van der Waals surface area contributed by atoms with E-state index in [2.05, 4.69) is 4.72 Å². The molecule has 0 fully saturated rings. The molecule has 162 valence electrons. The molecule has 1 amide bonds. The zero-order chi connectivity index (χ0) is 21.7. The highest BCUT2D eigenvalue weighted by atomic mass is 32.2. The number of methoxy groups -OCH3 is 1. The van der Waals surface area contributed by atoms with Crippen LogP contribution in [0.2, 0.25) is 0 Å². The third kappa shape index (κ3) is 4.94. The first-order valence-corrected chi connectivity index (χ1v) is 11.5. The van der Waals surface area contributed by atoms with Gasteiger partial charge in [0, 0.05) is 25.0 Å². The van der Waals surface area contributed by atoms with Gasteiger partial charge >= 0.3 is 0 Å². The van der Waals surface area contributed by atoms with E-state index in [0.29, 0.717) is 24.6 Å². The van der Waals surface area contributed by atoms with Gasteiger partial charge in [0.05, 0.1) is 11.5 Å². The molecule has 0 aliphatic carbocycles. The Morgan fingerprint density at radius 1 is 1.20 bits per heavy atom. The van der Waals surface area contributed by atoms with Crippen molar-refractivity contribution in [2.45, 2.75) is 38.0 Å². The number of benzene rings is 2. The Kier molecular flexibility index (Phi) is 6.99. The van der Waals surface area contributed by atoms with Crippen LogP contribution in [0.25, 0.3) is 0 Å². The molecule has 0 saturated carbocycles. The average Bonchev–Trinajstić information content (AvgIpc) is 2.72. The first kappa shape index (κ1) is 22.1. The number of fused-ring (bicyclic) bond motifs is 1. The second-order valence-electron chi connectivity index (χ2n) is 7.31. The normalized spacial score (nSPS) is 13.6. The Bertz CT molecular complexity index is 1020. The van der Waals surface area contributed by atoms with Gasteiger partial charge < -0.3 is 14.4 Å². The Labute approximate surface area is 178 Å². The number of nitrogens with one attached hydrogen (secondary N) is 1. The number of nitrogens with zero attached hydrogens (tertiary/aromatic N) is 1. The van der Waals surface area contributed by atoms with Gasteiger partial charge in [-0.2, -0.15) is 0 Å². The zero-order valence-electron chi connectivity index (χ0n) is 17.6. The predicted octanol–water partition coefficient (Wildman–Crippen LogP) is 3.51. The van der Waals surface area contributed by atoms with Crippen LogP contribution in [0.3, 0.4) is 0 Å². The molecule has 1 heterocycles. The predicted molar refractivity (Wildman–Crippen MR) is 117 cm³/mol. The molecule has 0 unspecified atom stereocenters. The number of hydrogen-bond acceptors (Lipinski definition) is 5. The molecule has 0 radical (unpaired) electrons. The lowest BCUT2D eigenvalue weighted by atomic mass is 10.0. The maximum Gasteiger partial charge on any atom is 0.261 e. The summed E-state index contributed by atoms with van der Waals surface area (Å²) in [6, 6.07) is 10.1. The van der Waals surface area contributed by atoms with E-state index in [-0.39, 0.29) is 17.4 Å². The Morgan fingerprint density at radius 2 is 2.00 bits per heavy atom. The lowest BCUT2D eigenvalue weighted by Crippen LogP contribution is -2.37. The van der Waals surface area contributed by atoms with Crippen molar-refractivity contribution in [1.82, 2.24) is 0 Å². The molecule has 0 bridgehead atoms. The largest absolute Gasteiger partial charge is 0.493 e. The molecular weight excluding hydrogens is 404 g/mol. The number of anilines is 2. The van der Waals surface area contributed by atoms with Crippen LogP contribution in [-0.2, 0) is 26.0 Å². The first-order chi connectivity index (χ1) is 14.4. The summed E-state index contributed by atoms with van der Waals surface area (Å²) in [5.74, 6) is 0.582. The molecule has 2 aromatic rings. The van der Waals surface area contributed by atoms with Gasteiger partial charge in [-0.25, -0.2) is 8.42 Å². The first-order valence-electron chi connectivity index (χ1n) is 10.0. The van der Waals surface area contributed by atoms with E-state index < -0.39 is 10.0 Å². The number of sulfonamides is 1. The van der Waals surface area contributed by atoms with Crippen molar-refractivity contribution in [3.05, 3.63) is 47.5 Å². The third-order valence-corrected chi connectivity index (χ3v) is 6.32. The molecule has 1 aliphatic heterocycles. The molecule has 8 heteroatoms. The molecule has 0 aromatic heterocycles. The van der Waals surface area contributed by atoms with Gasteiger partial charge in [0.15, 0.2) is 0 Å². The van der Waals surface area contributed by atoms with Gasteiger partial charge in [-0.15, -0.1) is 0 Å². The minimum Gasteiger partial charge on any atom is -0.493 e. The number of hydrogen-bond donors (Lipinski definition) is 1.